The Balaban J connectivity index is 1.65. The number of nitrogens with zero attached hydrogens (tertiary/aromatic N) is 2. The molecule has 1 aliphatic heterocycles. The fourth-order valence-corrected chi connectivity index (χ4v) is 2.91. The van der Waals surface area contributed by atoms with E-state index in [4.69, 9.17) is 5.73 Å². The topological polar surface area (TPSA) is 57.9 Å². The van der Waals surface area contributed by atoms with Crippen molar-refractivity contribution >= 4 is 22.4 Å². The van der Waals surface area contributed by atoms with Crippen molar-refractivity contribution < 1.29 is 0 Å². The first-order valence-corrected chi connectivity index (χ1v) is 6.86. The third-order valence-electron chi connectivity index (χ3n) is 3.88. The number of hydrogen-bond donors (Lipinski definition) is 2. The van der Waals surface area contributed by atoms with E-state index < -0.39 is 0 Å². The molecule has 0 atom stereocenters. The first-order chi connectivity index (χ1) is 9.79. The van der Waals surface area contributed by atoms with Gasteiger partial charge in [0.15, 0.2) is 0 Å². The lowest BCUT2D eigenvalue weighted by molar-refractivity contribution is 0.801. The highest BCUT2D eigenvalue weighted by molar-refractivity contribution is 5.78. The molecule has 0 aliphatic carbocycles. The van der Waals surface area contributed by atoms with Crippen molar-refractivity contribution in [1.29, 1.82) is 0 Å². The molecule has 1 aromatic heterocycles. The van der Waals surface area contributed by atoms with Crippen LogP contribution in [0.2, 0.25) is 0 Å². The third kappa shape index (κ3) is 1.81. The van der Waals surface area contributed by atoms with Gasteiger partial charge in [-0.1, -0.05) is 18.2 Å². The van der Waals surface area contributed by atoms with E-state index in [1.54, 1.807) is 0 Å². The van der Waals surface area contributed by atoms with Crippen molar-refractivity contribution in [3.63, 3.8) is 0 Å². The Hall–Kier alpha value is -2.49. The Morgan fingerprint density at radius 2 is 2.10 bits per heavy atom. The van der Waals surface area contributed by atoms with Crippen LogP contribution in [0.1, 0.15) is 11.4 Å². The molecule has 0 spiro atoms. The monoisotopic (exact) mass is 264 g/mol. The highest BCUT2D eigenvalue weighted by Crippen LogP contribution is 2.28. The molecule has 0 radical (unpaired) electrons. The first-order valence-electron chi connectivity index (χ1n) is 6.86. The molecular formula is C16H16N4. The number of nitrogen functional groups attached to an aromatic ring is 1. The summed E-state index contributed by atoms with van der Waals surface area (Å²) in [4.78, 5) is 10.4. The van der Waals surface area contributed by atoms with Gasteiger partial charge in [-0.2, -0.15) is 0 Å². The average Bonchev–Trinajstić information content (AvgIpc) is 3.03. The summed E-state index contributed by atoms with van der Waals surface area (Å²) in [5.41, 5.74) is 11.3. The predicted octanol–water partition coefficient (Wildman–Crippen LogP) is 2.71. The number of para-hydroxylation sites is 1. The molecule has 0 fully saturated rings. The minimum atomic E-state index is 0.763. The molecule has 0 saturated heterocycles. The number of anilines is 2. The third-order valence-corrected chi connectivity index (χ3v) is 3.88. The van der Waals surface area contributed by atoms with Gasteiger partial charge in [-0.05, 0) is 36.2 Å². The summed E-state index contributed by atoms with van der Waals surface area (Å²) in [7, 11) is 0. The lowest BCUT2D eigenvalue weighted by Crippen LogP contribution is -2.20. The molecule has 3 aromatic rings. The first kappa shape index (κ1) is 11.3. The largest absolute Gasteiger partial charge is 0.399 e. The highest BCUT2D eigenvalue weighted by Gasteiger charge is 2.19. The van der Waals surface area contributed by atoms with Gasteiger partial charge >= 0.3 is 0 Å². The van der Waals surface area contributed by atoms with Gasteiger partial charge in [0.05, 0.1) is 17.6 Å². The van der Waals surface area contributed by atoms with Gasteiger partial charge in [0.1, 0.15) is 5.82 Å². The molecule has 4 rings (SSSR count). The Labute approximate surface area is 117 Å². The van der Waals surface area contributed by atoms with E-state index in [-0.39, 0.29) is 0 Å². The number of fused-ring (bicyclic) bond motifs is 2. The van der Waals surface area contributed by atoms with E-state index >= 15 is 0 Å². The van der Waals surface area contributed by atoms with Gasteiger partial charge in [-0.25, -0.2) is 4.98 Å². The van der Waals surface area contributed by atoms with E-state index in [1.807, 2.05) is 18.2 Å². The van der Waals surface area contributed by atoms with Gasteiger partial charge in [0.2, 0.25) is 0 Å². The maximum absolute atomic E-state index is 5.80. The summed E-state index contributed by atoms with van der Waals surface area (Å²) in [6.45, 7) is 1.87. The number of aromatic nitrogens is 2. The summed E-state index contributed by atoms with van der Waals surface area (Å²) in [6.07, 6.45) is 1.11. The van der Waals surface area contributed by atoms with Gasteiger partial charge in [-0.15, -0.1) is 0 Å². The second-order valence-corrected chi connectivity index (χ2v) is 5.26. The van der Waals surface area contributed by atoms with Crippen LogP contribution in [0, 0.1) is 0 Å². The fraction of sp³-hybridized carbons (Fsp3) is 0.188. The fourth-order valence-electron chi connectivity index (χ4n) is 2.91. The molecule has 2 aromatic carbocycles. The van der Waals surface area contributed by atoms with Crippen LogP contribution < -0.4 is 10.6 Å². The molecule has 0 saturated carbocycles. The molecule has 1 aliphatic rings. The highest BCUT2D eigenvalue weighted by atomic mass is 15.2. The van der Waals surface area contributed by atoms with Gasteiger partial charge in [0.25, 0.3) is 0 Å². The number of nitrogens with two attached hydrogens (primary N) is 1. The van der Waals surface area contributed by atoms with Crippen molar-refractivity contribution in [2.45, 2.75) is 13.0 Å². The number of benzene rings is 2. The van der Waals surface area contributed by atoms with Crippen LogP contribution in [-0.4, -0.2) is 16.5 Å². The SMILES string of the molecule is Nc1ccc2nc(CN3CCc4ccccc43)[nH]c2c1. The quantitative estimate of drug-likeness (QED) is 0.700. The van der Waals surface area contributed by atoms with Crippen LogP contribution in [-0.2, 0) is 13.0 Å². The van der Waals surface area contributed by atoms with Crippen LogP contribution in [0.5, 0.6) is 0 Å². The van der Waals surface area contributed by atoms with Crippen molar-refractivity contribution in [2.24, 2.45) is 0 Å². The smallest absolute Gasteiger partial charge is 0.126 e. The number of H-pyrrole nitrogens is 1. The van der Waals surface area contributed by atoms with Crippen molar-refractivity contribution in [3.8, 4) is 0 Å². The number of nitrogens with one attached hydrogen (secondary N) is 1. The standard InChI is InChI=1S/C16H16N4/c17-12-5-6-13-14(9-12)19-16(18-13)10-20-8-7-11-3-1-2-4-15(11)20/h1-6,9H,7-8,10,17H2,(H,18,19). The predicted molar refractivity (Wildman–Crippen MR) is 81.7 cm³/mol. The van der Waals surface area contributed by atoms with E-state index in [0.717, 1.165) is 42.1 Å². The lowest BCUT2D eigenvalue weighted by Gasteiger charge is -2.17. The minimum absolute atomic E-state index is 0.763. The zero-order valence-corrected chi connectivity index (χ0v) is 11.1. The van der Waals surface area contributed by atoms with Crippen molar-refractivity contribution in [3.05, 3.63) is 53.9 Å². The van der Waals surface area contributed by atoms with E-state index in [2.05, 4.69) is 39.1 Å². The number of aromatic amines is 1. The maximum Gasteiger partial charge on any atom is 0.126 e. The van der Waals surface area contributed by atoms with Gasteiger partial charge < -0.3 is 15.6 Å². The van der Waals surface area contributed by atoms with Crippen molar-refractivity contribution in [1.82, 2.24) is 9.97 Å². The summed E-state index contributed by atoms with van der Waals surface area (Å²) in [5.74, 6) is 0.988. The zero-order chi connectivity index (χ0) is 13.5. The maximum atomic E-state index is 5.80. The normalized spacial score (nSPS) is 13.9. The zero-order valence-electron chi connectivity index (χ0n) is 11.1. The number of hydrogen-bond acceptors (Lipinski definition) is 3. The van der Waals surface area contributed by atoms with Crippen LogP contribution in [0.3, 0.4) is 0 Å². The Kier molecular flexibility index (Phi) is 2.42. The van der Waals surface area contributed by atoms with Crippen molar-refractivity contribution in [2.75, 3.05) is 17.2 Å². The Morgan fingerprint density at radius 1 is 1.20 bits per heavy atom. The van der Waals surface area contributed by atoms with Crippen LogP contribution in [0.25, 0.3) is 11.0 Å². The lowest BCUT2D eigenvalue weighted by atomic mass is 10.2. The molecular weight excluding hydrogens is 248 g/mol. The Morgan fingerprint density at radius 3 is 3.05 bits per heavy atom. The van der Waals surface area contributed by atoms with E-state index in [1.165, 1.54) is 11.3 Å². The number of rotatable bonds is 2. The summed E-state index contributed by atoms with van der Waals surface area (Å²) >= 11 is 0. The summed E-state index contributed by atoms with van der Waals surface area (Å²) in [5, 5.41) is 0. The molecule has 0 unspecified atom stereocenters. The molecule has 0 bridgehead atoms. The van der Waals surface area contributed by atoms with Crippen LogP contribution in [0.4, 0.5) is 11.4 Å². The van der Waals surface area contributed by atoms with E-state index in [9.17, 15) is 0 Å². The molecule has 100 valence electrons. The van der Waals surface area contributed by atoms with E-state index in [0.29, 0.717) is 0 Å². The second kappa shape index (κ2) is 4.27. The Bertz CT molecular complexity index is 775. The molecule has 2 heterocycles. The van der Waals surface area contributed by atoms with Crippen LogP contribution >= 0.6 is 0 Å². The summed E-state index contributed by atoms with van der Waals surface area (Å²) in [6, 6.07) is 14.4. The minimum Gasteiger partial charge on any atom is -0.399 e. The molecule has 4 heteroatoms. The second-order valence-electron chi connectivity index (χ2n) is 5.26. The number of imidazole rings is 1. The molecule has 0 amide bonds. The van der Waals surface area contributed by atoms with Gasteiger partial charge in [0, 0.05) is 17.9 Å². The van der Waals surface area contributed by atoms with Crippen LogP contribution in [0.15, 0.2) is 42.5 Å². The summed E-state index contributed by atoms with van der Waals surface area (Å²) < 4.78 is 0. The molecule has 3 N–H and O–H groups in total. The average molecular weight is 264 g/mol. The molecule has 20 heavy (non-hydrogen) atoms. The molecule has 4 nitrogen and oxygen atoms in total. The van der Waals surface area contributed by atoms with Gasteiger partial charge in [-0.3, -0.25) is 0 Å².